The van der Waals surface area contributed by atoms with E-state index >= 15 is 0 Å². The van der Waals surface area contributed by atoms with E-state index in [2.05, 4.69) is 18.3 Å². The Hall–Kier alpha value is -1.02. The van der Waals surface area contributed by atoms with E-state index in [-0.39, 0.29) is 6.04 Å². The molecule has 11 heavy (non-hydrogen) atoms. The van der Waals surface area contributed by atoms with Crippen LogP contribution in [0.3, 0.4) is 0 Å². The molecule has 0 saturated carbocycles. The summed E-state index contributed by atoms with van der Waals surface area (Å²) >= 11 is 0. The molecule has 0 aromatic heterocycles. The van der Waals surface area contributed by atoms with Gasteiger partial charge in [-0.3, -0.25) is 0 Å². The zero-order valence-corrected chi connectivity index (χ0v) is 6.96. The molecule has 0 aromatic carbocycles. The van der Waals surface area contributed by atoms with Crippen LogP contribution in [-0.4, -0.2) is 13.1 Å². The van der Waals surface area contributed by atoms with Crippen LogP contribution < -0.4 is 11.1 Å². The normalized spacial score (nSPS) is 27.0. The van der Waals surface area contributed by atoms with E-state index in [1.165, 1.54) is 5.57 Å². The van der Waals surface area contributed by atoms with Gasteiger partial charge in [-0.2, -0.15) is 0 Å². The van der Waals surface area contributed by atoms with Gasteiger partial charge < -0.3 is 11.1 Å². The van der Waals surface area contributed by atoms with E-state index in [9.17, 15) is 0 Å². The zero-order chi connectivity index (χ0) is 8.27. The van der Waals surface area contributed by atoms with Crippen LogP contribution in [0, 0.1) is 0 Å². The molecule has 0 bridgehead atoms. The average Bonchev–Trinajstić information content (AvgIpc) is 1.98. The first-order valence-electron chi connectivity index (χ1n) is 3.73. The smallest absolute Gasteiger partial charge is 0.0498 e. The minimum Gasteiger partial charge on any atom is -0.394 e. The van der Waals surface area contributed by atoms with Gasteiger partial charge in [0.15, 0.2) is 0 Å². The van der Waals surface area contributed by atoms with Crippen LogP contribution in [0.4, 0.5) is 0 Å². The van der Waals surface area contributed by atoms with Gasteiger partial charge in [0.2, 0.25) is 0 Å². The van der Waals surface area contributed by atoms with E-state index in [1.54, 1.807) is 0 Å². The van der Waals surface area contributed by atoms with Gasteiger partial charge in [0.25, 0.3) is 0 Å². The van der Waals surface area contributed by atoms with Crippen molar-refractivity contribution in [3.05, 3.63) is 35.6 Å². The Morgan fingerprint density at radius 1 is 1.64 bits per heavy atom. The van der Waals surface area contributed by atoms with Gasteiger partial charge in [0.1, 0.15) is 0 Å². The Kier molecular flexibility index (Phi) is 2.49. The van der Waals surface area contributed by atoms with E-state index in [0.29, 0.717) is 0 Å². The first-order chi connectivity index (χ1) is 5.24. The molecule has 1 aliphatic carbocycles. The third-order valence-corrected chi connectivity index (χ3v) is 1.66. The first kappa shape index (κ1) is 8.08. The molecule has 0 fully saturated rings. The molecule has 0 aliphatic heterocycles. The van der Waals surface area contributed by atoms with Crippen LogP contribution in [0.15, 0.2) is 35.6 Å². The van der Waals surface area contributed by atoms with Gasteiger partial charge in [0.05, 0.1) is 0 Å². The molecule has 1 unspecified atom stereocenters. The van der Waals surface area contributed by atoms with Crippen LogP contribution in [0.2, 0.25) is 0 Å². The molecular formula is C9H14N2. The topological polar surface area (TPSA) is 38.0 Å². The second kappa shape index (κ2) is 3.39. The Balaban J connectivity index is 2.81. The molecule has 0 amide bonds. The minimum absolute atomic E-state index is 0.0474. The summed E-state index contributed by atoms with van der Waals surface area (Å²) in [6, 6.07) is 0.0474. The molecule has 3 N–H and O–H groups in total. The third-order valence-electron chi connectivity index (χ3n) is 1.66. The molecule has 0 saturated heterocycles. The summed E-state index contributed by atoms with van der Waals surface area (Å²) in [5.41, 5.74) is 8.16. The van der Waals surface area contributed by atoms with Crippen molar-refractivity contribution in [3.63, 3.8) is 0 Å². The van der Waals surface area contributed by atoms with Gasteiger partial charge in [-0.05, 0) is 12.5 Å². The number of nitrogens with two attached hydrogens (primary N) is 1. The molecule has 60 valence electrons. The number of allylic oxidation sites excluding steroid dienone is 2. The third kappa shape index (κ3) is 1.95. The summed E-state index contributed by atoms with van der Waals surface area (Å²) < 4.78 is 0. The van der Waals surface area contributed by atoms with Crippen LogP contribution >= 0.6 is 0 Å². The minimum atomic E-state index is 0.0474. The van der Waals surface area contributed by atoms with Crippen molar-refractivity contribution < 1.29 is 0 Å². The van der Waals surface area contributed by atoms with Crippen molar-refractivity contribution in [3.8, 4) is 0 Å². The van der Waals surface area contributed by atoms with Gasteiger partial charge in [-0.1, -0.05) is 23.8 Å². The van der Waals surface area contributed by atoms with Crippen molar-refractivity contribution in [2.24, 2.45) is 5.73 Å². The van der Waals surface area contributed by atoms with Gasteiger partial charge in [0, 0.05) is 19.3 Å². The number of hydrogen-bond donors (Lipinski definition) is 2. The summed E-state index contributed by atoms with van der Waals surface area (Å²) in [4.78, 5) is 0. The maximum absolute atomic E-state index is 5.79. The quantitative estimate of drug-likeness (QED) is 0.583. The van der Waals surface area contributed by atoms with Crippen LogP contribution in [0.1, 0.15) is 6.92 Å². The molecule has 1 atom stereocenters. The molecule has 0 heterocycles. The second-order valence-electron chi connectivity index (χ2n) is 2.71. The molecule has 1 rings (SSSR count). The average molecular weight is 150 g/mol. The summed E-state index contributed by atoms with van der Waals surface area (Å²) in [5.74, 6) is 0. The summed E-state index contributed by atoms with van der Waals surface area (Å²) in [7, 11) is 1.88. The Labute approximate surface area is 67.5 Å². The predicted molar refractivity (Wildman–Crippen MR) is 48.0 cm³/mol. The second-order valence-corrected chi connectivity index (χ2v) is 2.71. The Morgan fingerprint density at radius 3 is 3.00 bits per heavy atom. The highest BCUT2D eigenvalue weighted by Crippen LogP contribution is 2.13. The number of nitrogens with one attached hydrogen (secondary N) is 1. The van der Waals surface area contributed by atoms with E-state index < -0.39 is 0 Å². The lowest BCUT2D eigenvalue weighted by atomic mass is 10.00. The van der Waals surface area contributed by atoms with Crippen molar-refractivity contribution >= 4 is 0 Å². The first-order valence-corrected chi connectivity index (χ1v) is 3.73. The largest absolute Gasteiger partial charge is 0.394 e. The van der Waals surface area contributed by atoms with Crippen LogP contribution in [0.25, 0.3) is 0 Å². The van der Waals surface area contributed by atoms with Crippen molar-refractivity contribution in [2.75, 3.05) is 7.05 Å². The standard InChI is InChI=1S/C9H14N2/c1-7-3-4-9(10)8(5-7)6-11-2/h3-6,9,11H,10H2,1-2H3/b8-6-. The van der Waals surface area contributed by atoms with Gasteiger partial charge in [-0.15, -0.1) is 0 Å². The zero-order valence-electron chi connectivity index (χ0n) is 6.96. The van der Waals surface area contributed by atoms with Crippen molar-refractivity contribution in [1.82, 2.24) is 5.32 Å². The van der Waals surface area contributed by atoms with E-state index in [1.807, 2.05) is 25.4 Å². The lowest BCUT2D eigenvalue weighted by Crippen LogP contribution is -2.22. The maximum Gasteiger partial charge on any atom is 0.0498 e. The van der Waals surface area contributed by atoms with Gasteiger partial charge in [-0.25, -0.2) is 0 Å². The monoisotopic (exact) mass is 150 g/mol. The Bertz CT molecular complexity index is 224. The fourth-order valence-corrected chi connectivity index (χ4v) is 1.08. The molecular weight excluding hydrogens is 136 g/mol. The molecule has 1 aliphatic rings. The van der Waals surface area contributed by atoms with Crippen molar-refractivity contribution in [1.29, 1.82) is 0 Å². The summed E-state index contributed by atoms with van der Waals surface area (Å²) in [5, 5.41) is 2.97. The lowest BCUT2D eigenvalue weighted by molar-refractivity contribution is 0.933. The molecule has 0 radical (unpaired) electrons. The molecule has 2 nitrogen and oxygen atoms in total. The highest BCUT2D eigenvalue weighted by Gasteiger charge is 2.06. The lowest BCUT2D eigenvalue weighted by Gasteiger charge is -2.13. The van der Waals surface area contributed by atoms with Crippen molar-refractivity contribution in [2.45, 2.75) is 13.0 Å². The SMILES string of the molecule is CN/C=C1/C=C(C)C=CC1N. The van der Waals surface area contributed by atoms with Gasteiger partial charge >= 0.3 is 0 Å². The van der Waals surface area contributed by atoms with E-state index in [4.69, 9.17) is 5.73 Å². The molecule has 0 aromatic rings. The summed E-state index contributed by atoms with van der Waals surface area (Å²) in [6.07, 6.45) is 8.05. The van der Waals surface area contributed by atoms with Crippen LogP contribution in [0.5, 0.6) is 0 Å². The number of rotatable bonds is 1. The molecule has 0 spiro atoms. The highest BCUT2D eigenvalue weighted by atomic mass is 14.8. The highest BCUT2D eigenvalue weighted by molar-refractivity contribution is 5.39. The fraction of sp³-hybridized carbons (Fsp3) is 0.333. The maximum atomic E-state index is 5.79. The fourth-order valence-electron chi connectivity index (χ4n) is 1.08. The Morgan fingerprint density at radius 2 is 2.36 bits per heavy atom. The summed E-state index contributed by atoms with van der Waals surface area (Å²) in [6.45, 7) is 2.06. The number of hydrogen-bond acceptors (Lipinski definition) is 2. The molecule has 2 heteroatoms. The van der Waals surface area contributed by atoms with E-state index in [0.717, 1.165) is 5.57 Å². The van der Waals surface area contributed by atoms with Crippen LogP contribution in [-0.2, 0) is 0 Å². The predicted octanol–water partition coefficient (Wildman–Crippen LogP) is 0.933.